The predicted octanol–water partition coefficient (Wildman–Crippen LogP) is 2.65. The van der Waals surface area contributed by atoms with Crippen LogP contribution in [0, 0.1) is 13.8 Å². The standard InChI is InChI=1S/2C15H12N.C2H6Si.2ClH.Zr/c2*1-11-8-9-14(13-6-4-5-12(11)13)15-7-2-3-10-16-15;1-3-2;;;/h2*2-10H,1H3;1-2H3;2*1H;/q2*-1;;;;+2/p-2. The van der Waals surface area contributed by atoms with Crippen molar-refractivity contribution in [1.29, 1.82) is 0 Å². The molecular formula is C32H30Cl2N2SiZr-2. The zero-order chi connectivity index (χ0) is 25.5. The number of fused-ring (bicyclic) bond motifs is 2. The van der Waals surface area contributed by atoms with E-state index in [-0.39, 0.29) is 30.2 Å². The summed E-state index contributed by atoms with van der Waals surface area (Å²) in [4.78, 5) is 8.82. The average Bonchev–Trinajstić information content (AvgIpc) is 3.57. The van der Waals surface area contributed by atoms with E-state index in [1.54, 1.807) is 23.3 Å². The molecule has 0 N–H and O–H groups in total. The molecule has 0 radical (unpaired) electrons. The molecule has 2 heterocycles. The van der Waals surface area contributed by atoms with E-state index in [1.165, 1.54) is 43.8 Å². The summed E-state index contributed by atoms with van der Waals surface area (Å²) >= 11 is 1.74. The molecule has 4 aromatic carbocycles. The molecular weight excluding hydrogens is 603 g/mol. The van der Waals surface area contributed by atoms with Gasteiger partial charge in [0, 0.05) is 12.4 Å². The molecule has 0 saturated heterocycles. The van der Waals surface area contributed by atoms with Crippen LogP contribution in [0.2, 0.25) is 13.1 Å². The molecule has 0 aliphatic carbocycles. The molecule has 0 aliphatic heterocycles. The zero-order valence-corrected chi connectivity index (χ0v) is 27.0. The molecule has 0 atom stereocenters. The van der Waals surface area contributed by atoms with Crippen molar-refractivity contribution in [2.24, 2.45) is 0 Å². The van der Waals surface area contributed by atoms with Crippen molar-refractivity contribution in [3.8, 4) is 22.5 Å². The number of benzene rings is 2. The van der Waals surface area contributed by atoms with E-state index >= 15 is 0 Å². The number of halogens is 2. The Hall–Kier alpha value is -2.36. The van der Waals surface area contributed by atoms with E-state index in [0.29, 0.717) is 0 Å². The van der Waals surface area contributed by atoms with Crippen molar-refractivity contribution in [3.05, 3.63) is 121 Å². The molecule has 6 rings (SSSR count). The molecule has 0 saturated carbocycles. The van der Waals surface area contributed by atoms with Crippen LogP contribution in [0.3, 0.4) is 0 Å². The molecule has 0 spiro atoms. The van der Waals surface area contributed by atoms with Gasteiger partial charge in [0.15, 0.2) is 0 Å². The van der Waals surface area contributed by atoms with Crippen molar-refractivity contribution >= 4 is 27.0 Å². The second kappa shape index (κ2) is 15.3. The third-order valence-corrected chi connectivity index (χ3v) is 5.94. The second-order valence-corrected chi connectivity index (χ2v) is 18.4. The van der Waals surface area contributed by atoms with Gasteiger partial charge in [-0.25, -0.2) is 0 Å². The summed E-state index contributed by atoms with van der Waals surface area (Å²) in [5.74, 6) is 0. The maximum atomic E-state index is 4.41. The van der Waals surface area contributed by atoms with Crippen LogP contribution in [0.4, 0.5) is 0 Å². The monoisotopic (exact) mass is 630 g/mol. The summed E-state index contributed by atoms with van der Waals surface area (Å²) in [6.07, 6.45) is 3.67. The average molecular weight is 633 g/mol. The zero-order valence-electron chi connectivity index (χ0n) is 22.0. The van der Waals surface area contributed by atoms with E-state index in [9.17, 15) is 0 Å². The Balaban J connectivity index is 0.000000224. The quantitative estimate of drug-likeness (QED) is 0.217. The fourth-order valence-electron chi connectivity index (χ4n) is 4.26. The third kappa shape index (κ3) is 7.83. The normalized spacial score (nSPS) is 9.84. The van der Waals surface area contributed by atoms with Gasteiger partial charge in [0.1, 0.15) is 0 Å². The van der Waals surface area contributed by atoms with Gasteiger partial charge in [-0.15, -0.1) is 56.9 Å². The first-order valence-corrected chi connectivity index (χ1v) is 18.3. The minimum atomic E-state index is 0. The van der Waals surface area contributed by atoms with Crippen molar-refractivity contribution in [2.75, 3.05) is 0 Å². The molecule has 0 aliphatic rings. The summed E-state index contributed by atoms with van der Waals surface area (Å²) in [6.45, 7) is 8.90. The van der Waals surface area contributed by atoms with Crippen LogP contribution in [0.5, 0.6) is 0 Å². The Labute approximate surface area is 253 Å². The number of hydrogen-bond acceptors (Lipinski definition) is 2. The maximum absolute atomic E-state index is 4.41. The Morgan fingerprint density at radius 2 is 1.00 bits per heavy atom. The third-order valence-electron chi connectivity index (χ3n) is 5.94. The number of aryl methyl sites for hydroxylation is 2. The van der Waals surface area contributed by atoms with E-state index in [0.717, 1.165) is 11.4 Å². The molecule has 0 bridgehead atoms. The van der Waals surface area contributed by atoms with Gasteiger partial charge in [-0.05, 0) is 35.4 Å². The van der Waals surface area contributed by atoms with Gasteiger partial charge in [-0.2, -0.15) is 24.3 Å². The van der Waals surface area contributed by atoms with Crippen LogP contribution in [0.25, 0.3) is 44.1 Å². The van der Waals surface area contributed by atoms with Gasteiger partial charge in [-0.3, -0.25) is 9.97 Å². The van der Waals surface area contributed by atoms with E-state index in [4.69, 9.17) is 0 Å². The van der Waals surface area contributed by atoms with Crippen molar-refractivity contribution in [1.82, 2.24) is 9.97 Å². The fourth-order valence-corrected chi connectivity index (χ4v) is 4.26. The minimum absolute atomic E-state index is 0. The molecule has 192 valence electrons. The topological polar surface area (TPSA) is 25.8 Å². The molecule has 2 nitrogen and oxygen atoms in total. The number of hydrogen-bond donors (Lipinski definition) is 0. The van der Waals surface area contributed by atoms with Crippen LogP contribution >= 0.6 is 0 Å². The SMILES string of the molecule is C[Si](C)=[Zr+2].Cc1ccc(-c2ccccn2)c2cc[cH-]c12.Cc1ccc(-c2ccccn2)c2cc[cH-]c12.[Cl-].[Cl-]. The van der Waals surface area contributed by atoms with Crippen molar-refractivity contribution in [3.63, 3.8) is 0 Å². The Morgan fingerprint density at radius 3 is 1.34 bits per heavy atom. The molecule has 38 heavy (non-hydrogen) atoms. The molecule has 6 heteroatoms. The van der Waals surface area contributed by atoms with Gasteiger partial charge in [0.25, 0.3) is 0 Å². The van der Waals surface area contributed by atoms with Crippen LogP contribution in [0.1, 0.15) is 11.1 Å². The summed E-state index contributed by atoms with van der Waals surface area (Å²) in [6, 6.07) is 33.5. The Morgan fingerprint density at radius 1 is 0.605 bits per heavy atom. The molecule has 0 unspecified atom stereocenters. The Bertz CT molecular complexity index is 1470. The largest absolute Gasteiger partial charge is 1.00 e. The minimum Gasteiger partial charge on any atom is -1.00 e. The second-order valence-electron chi connectivity index (χ2n) is 9.00. The first-order valence-electron chi connectivity index (χ1n) is 12.1. The van der Waals surface area contributed by atoms with Gasteiger partial charge >= 0.3 is 41.9 Å². The number of aromatic nitrogens is 2. The van der Waals surface area contributed by atoms with Crippen LogP contribution in [0.15, 0.2) is 109 Å². The molecule has 0 fully saturated rings. The number of rotatable bonds is 2. The van der Waals surface area contributed by atoms with E-state index < -0.39 is 0 Å². The number of nitrogens with zero attached hydrogens (tertiary/aromatic N) is 2. The van der Waals surface area contributed by atoms with Gasteiger partial charge in [0.05, 0.1) is 11.4 Å². The fraction of sp³-hybridized carbons (Fsp3) is 0.125. The number of pyridine rings is 2. The first-order chi connectivity index (χ1) is 17.5. The van der Waals surface area contributed by atoms with Crippen molar-refractivity contribution < 1.29 is 48.1 Å². The maximum Gasteiger partial charge on any atom is 0.0607 e. The summed E-state index contributed by atoms with van der Waals surface area (Å²) < 4.78 is 0. The summed E-state index contributed by atoms with van der Waals surface area (Å²) in [5, 5.41) is 5.23. The van der Waals surface area contributed by atoms with Crippen LogP contribution in [-0.4, -0.2) is 15.4 Å². The van der Waals surface area contributed by atoms with Gasteiger partial charge in [-0.1, -0.05) is 38.1 Å². The first kappa shape index (κ1) is 31.9. The van der Waals surface area contributed by atoms with Gasteiger partial charge in [0.2, 0.25) is 0 Å². The van der Waals surface area contributed by atoms with E-state index in [1.807, 2.05) is 36.7 Å². The predicted molar refractivity (Wildman–Crippen MR) is 152 cm³/mol. The van der Waals surface area contributed by atoms with Crippen molar-refractivity contribution in [2.45, 2.75) is 26.9 Å². The summed E-state index contributed by atoms with van der Waals surface area (Å²) in [5.41, 5.74) is 7.36. The molecule has 6 aromatic rings. The molecule has 2 aromatic heterocycles. The van der Waals surface area contributed by atoms with Crippen LogP contribution in [-0.2, 0) is 23.3 Å². The Kier molecular flexibility index (Phi) is 12.8. The van der Waals surface area contributed by atoms with Crippen LogP contribution < -0.4 is 24.8 Å². The summed E-state index contributed by atoms with van der Waals surface area (Å²) in [7, 11) is 0. The molecule has 0 amide bonds. The van der Waals surface area contributed by atoms with E-state index in [2.05, 4.69) is 110 Å². The van der Waals surface area contributed by atoms with Gasteiger partial charge < -0.3 is 24.8 Å². The smallest absolute Gasteiger partial charge is 0.0607 e.